The molecule has 0 radical (unpaired) electrons. The third-order valence-corrected chi connectivity index (χ3v) is 5.84. The van der Waals surface area contributed by atoms with E-state index in [9.17, 15) is 27.6 Å². The predicted molar refractivity (Wildman–Crippen MR) is 115 cm³/mol. The molecule has 176 valence electrons. The number of nitrogens with one attached hydrogen (secondary N) is 2. The zero-order valence-corrected chi connectivity index (χ0v) is 18.6. The van der Waals surface area contributed by atoms with E-state index in [0.29, 0.717) is 28.1 Å². The zero-order valence-electron chi connectivity index (χ0n) is 17.9. The molecule has 33 heavy (non-hydrogen) atoms. The smallest absolute Gasteiger partial charge is 0.406 e. The Bertz CT molecular complexity index is 1070. The van der Waals surface area contributed by atoms with Crippen LogP contribution in [0.2, 0.25) is 5.02 Å². The Morgan fingerprint density at radius 1 is 1.15 bits per heavy atom. The van der Waals surface area contributed by atoms with Gasteiger partial charge in [-0.2, -0.15) is 0 Å². The molecule has 1 saturated heterocycles. The van der Waals surface area contributed by atoms with Crippen molar-refractivity contribution in [3.8, 4) is 5.75 Å². The van der Waals surface area contributed by atoms with Crippen molar-refractivity contribution < 1.29 is 32.3 Å². The first kappa shape index (κ1) is 24.6. The first-order chi connectivity index (χ1) is 15.4. The Balaban J connectivity index is 1.64. The summed E-state index contributed by atoms with van der Waals surface area (Å²) in [5, 5.41) is 5.46. The van der Waals surface area contributed by atoms with Crippen molar-refractivity contribution in [1.29, 1.82) is 0 Å². The third-order valence-electron chi connectivity index (χ3n) is 5.51. The summed E-state index contributed by atoms with van der Waals surface area (Å²) in [6.45, 7) is 3.47. The summed E-state index contributed by atoms with van der Waals surface area (Å²) in [6.07, 6.45) is -4.17. The topological polar surface area (TPSA) is 84.5 Å². The van der Waals surface area contributed by atoms with Gasteiger partial charge in [0.05, 0.1) is 11.3 Å². The molecule has 3 amide bonds. The molecule has 2 aromatic carbocycles. The van der Waals surface area contributed by atoms with E-state index in [2.05, 4.69) is 15.4 Å². The highest BCUT2D eigenvalue weighted by molar-refractivity contribution is 6.31. The number of imide groups is 1. The summed E-state index contributed by atoms with van der Waals surface area (Å²) in [5.41, 5.74) is 0.806. The fourth-order valence-electron chi connectivity index (χ4n) is 3.56. The molecular formula is C23H22ClF3N2O4. The number of rotatable bonds is 6. The van der Waals surface area contributed by atoms with Gasteiger partial charge in [-0.25, -0.2) is 0 Å². The maximum absolute atomic E-state index is 12.8. The van der Waals surface area contributed by atoms with Crippen LogP contribution < -0.4 is 15.4 Å². The molecule has 10 heteroatoms. The molecule has 0 saturated carbocycles. The van der Waals surface area contributed by atoms with Gasteiger partial charge in [-0.05, 0) is 55.2 Å². The van der Waals surface area contributed by atoms with E-state index in [1.165, 1.54) is 12.1 Å². The van der Waals surface area contributed by atoms with E-state index in [0.717, 1.165) is 12.1 Å². The van der Waals surface area contributed by atoms with Crippen LogP contribution in [0.5, 0.6) is 5.75 Å². The zero-order chi connectivity index (χ0) is 24.4. The van der Waals surface area contributed by atoms with Crippen LogP contribution in [0.3, 0.4) is 0 Å². The number of hydrogen-bond donors (Lipinski definition) is 2. The second kappa shape index (κ2) is 9.43. The van der Waals surface area contributed by atoms with E-state index < -0.39 is 17.7 Å². The van der Waals surface area contributed by atoms with Gasteiger partial charge in [0.2, 0.25) is 17.7 Å². The first-order valence-corrected chi connectivity index (χ1v) is 10.5. The van der Waals surface area contributed by atoms with Crippen LogP contribution in [0.25, 0.3) is 0 Å². The van der Waals surface area contributed by atoms with E-state index in [1.807, 2.05) is 0 Å². The van der Waals surface area contributed by atoms with E-state index in [1.54, 1.807) is 32.0 Å². The van der Waals surface area contributed by atoms with Gasteiger partial charge in [0.1, 0.15) is 5.75 Å². The molecule has 1 aliphatic rings. The molecule has 6 nitrogen and oxygen atoms in total. The highest BCUT2D eigenvalue weighted by Crippen LogP contribution is 2.32. The largest absolute Gasteiger partial charge is 0.573 e. The Hall–Kier alpha value is -3.07. The number of piperidine rings is 1. The van der Waals surface area contributed by atoms with Gasteiger partial charge in [-0.3, -0.25) is 19.7 Å². The van der Waals surface area contributed by atoms with Gasteiger partial charge < -0.3 is 10.1 Å². The molecule has 1 aliphatic heterocycles. The second-order valence-corrected chi connectivity index (χ2v) is 8.65. The lowest BCUT2D eigenvalue weighted by Crippen LogP contribution is -2.40. The van der Waals surface area contributed by atoms with E-state index in [-0.39, 0.29) is 36.4 Å². The normalized spacial score (nSPS) is 16.8. The highest BCUT2D eigenvalue weighted by atomic mass is 35.5. The van der Waals surface area contributed by atoms with Crippen molar-refractivity contribution in [2.45, 2.75) is 50.9 Å². The van der Waals surface area contributed by atoms with Crippen LogP contribution in [0, 0.1) is 0 Å². The molecule has 1 unspecified atom stereocenters. The molecule has 0 aromatic heterocycles. The molecule has 0 bridgehead atoms. The number of ether oxygens (including phenoxy) is 1. The average Bonchev–Trinajstić information content (AvgIpc) is 2.72. The van der Waals surface area contributed by atoms with Gasteiger partial charge in [-0.1, -0.05) is 35.9 Å². The first-order valence-electron chi connectivity index (χ1n) is 10.1. The van der Waals surface area contributed by atoms with Crippen molar-refractivity contribution in [3.05, 3.63) is 64.2 Å². The maximum Gasteiger partial charge on any atom is 0.573 e. The number of alkyl halides is 3. The maximum atomic E-state index is 12.8. The summed E-state index contributed by atoms with van der Waals surface area (Å²) < 4.78 is 40.8. The van der Waals surface area contributed by atoms with Crippen molar-refractivity contribution in [2.24, 2.45) is 0 Å². The Labute approximate surface area is 193 Å². The van der Waals surface area contributed by atoms with Gasteiger partial charge in [0, 0.05) is 18.0 Å². The number of carbonyl (C=O) groups is 3. The van der Waals surface area contributed by atoms with Crippen molar-refractivity contribution in [3.63, 3.8) is 0 Å². The SMILES string of the molecule is CC(C)(C(=O)NCc1ccc(C2CCC(=O)NC2=O)c(Cl)c1)c1ccc(OC(F)(F)F)cc1. The molecule has 0 aliphatic carbocycles. The van der Waals surface area contributed by atoms with Crippen LogP contribution >= 0.6 is 11.6 Å². The summed E-state index contributed by atoms with van der Waals surface area (Å²) in [6, 6.07) is 10.2. The van der Waals surface area contributed by atoms with Gasteiger partial charge in [0.25, 0.3) is 0 Å². The number of benzene rings is 2. The minimum atomic E-state index is -4.79. The lowest BCUT2D eigenvalue weighted by molar-refractivity contribution is -0.274. The Morgan fingerprint density at radius 3 is 2.39 bits per heavy atom. The Kier molecular flexibility index (Phi) is 7.02. The Morgan fingerprint density at radius 2 is 1.82 bits per heavy atom. The minimum Gasteiger partial charge on any atom is -0.406 e. The van der Waals surface area contributed by atoms with Crippen LogP contribution in [0.4, 0.5) is 13.2 Å². The molecule has 2 aromatic rings. The molecule has 1 fully saturated rings. The lowest BCUT2D eigenvalue weighted by Gasteiger charge is -2.25. The molecule has 1 heterocycles. The van der Waals surface area contributed by atoms with Crippen molar-refractivity contribution in [2.75, 3.05) is 0 Å². The van der Waals surface area contributed by atoms with Crippen molar-refractivity contribution >= 4 is 29.3 Å². The van der Waals surface area contributed by atoms with Gasteiger partial charge in [-0.15, -0.1) is 13.2 Å². The third kappa shape index (κ3) is 6.04. The van der Waals surface area contributed by atoms with Crippen molar-refractivity contribution in [1.82, 2.24) is 10.6 Å². The van der Waals surface area contributed by atoms with Crippen LogP contribution in [-0.2, 0) is 26.3 Å². The highest BCUT2D eigenvalue weighted by Gasteiger charge is 2.33. The quantitative estimate of drug-likeness (QED) is 0.599. The summed E-state index contributed by atoms with van der Waals surface area (Å²) in [5.74, 6) is -1.91. The minimum absolute atomic E-state index is 0.160. The standard InChI is InChI=1S/C23H22ClF3N2O4/c1-22(2,14-4-6-15(7-5-14)33-23(25,26)27)21(32)28-12-13-3-8-16(18(24)11-13)17-9-10-19(30)29-20(17)31/h3-8,11,17H,9-10,12H2,1-2H3,(H,28,32)(H,29,30,31). The summed E-state index contributed by atoms with van der Waals surface area (Å²) in [4.78, 5) is 36.2. The number of carbonyl (C=O) groups excluding carboxylic acids is 3. The monoisotopic (exact) mass is 482 g/mol. The summed E-state index contributed by atoms with van der Waals surface area (Å²) >= 11 is 6.36. The molecule has 1 atom stereocenters. The lowest BCUT2D eigenvalue weighted by atomic mass is 9.83. The predicted octanol–water partition coefficient (Wildman–Crippen LogP) is 4.35. The van der Waals surface area contributed by atoms with E-state index >= 15 is 0 Å². The average molecular weight is 483 g/mol. The fraction of sp³-hybridized carbons (Fsp3) is 0.348. The number of hydrogen-bond acceptors (Lipinski definition) is 4. The molecule has 0 spiro atoms. The summed E-state index contributed by atoms with van der Waals surface area (Å²) in [7, 11) is 0. The van der Waals surface area contributed by atoms with Crippen LogP contribution in [0.15, 0.2) is 42.5 Å². The molecule has 3 rings (SSSR count). The number of halogens is 4. The van der Waals surface area contributed by atoms with Gasteiger partial charge in [0.15, 0.2) is 0 Å². The number of amides is 3. The van der Waals surface area contributed by atoms with Crippen LogP contribution in [0.1, 0.15) is 49.3 Å². The molecule has 2 N–H and O–H groups in total. The van der Waals surface area contributed by atoms with Crippen LogP contribution in [-0.4, -0.2) is 24.1 Å². The molecular weight excluding hydrogens is 461 g/mol. The van der Waals surface area contributed by atoms with E-state index in [4.69, 9.17) is 11.6 Å². The van der Waals surface area contributed by atoms with Gasteiger partial charge >= 0.3 is 6.36 Å². The fourth-order valence-corrected chi connectivity index (χ4v) is 3.90. The second-order valence-electron chi connectivity index (χ2n) is 8.24.